The van der Waals surface area contributed by atoms with Gasteiger partial charge in [0.2, 0.25) is 0 Å². The normalized spacial score (nSPS) is 17.9. The first kappa shape index (κ1) is 19.6. The van der Waals surface area contributed by atoms with Crippen molar-refractivity contribution < 1.29 is 34.1 Å². The van der Waals surface area contributed by atoms with E-state index in [1.165, 1.54) is 24.3 Å². The van der Waals surface area contributed by atoms with Crippen LogP contribution in [0.25, 0.3) is 0 Å². The van der Waals surface area contributed by atoms with Gasteiger partial charge in [-0.25, -0.2) is 4.79 Å². The molecule has 2 heterocycles. The zero-order chi connectivity index (χ0) is 21.4. The molecule has 30 heavy (non-hydrogen) atoms. The van der Waals surface area contributed by atoms with Crippen molar-refractivity contribution in [2.24, 2.45) is 0 Å². The number of carboxylic acids is 1. The molecule has 0 aliphatic carbocycles. The molecule has 3 amide bonds. The number of fused-ring (bicyclic) bond motifs is 1. The molecule has 0 radical (unpaired) electrons. The van der Waals surface area contributed by atoms with Crippen molar-refractivity contribution in [1.82, 2.24) is 4.90 Å². The molecule has 0 unspecified atom stereocenters. The minimum Gasteiger partial charge on any atom is -0.872 e. The number of amides is 3. The van der Waals surface area contributed by atoms with Crippen LogP contribution in [0, 0.1) is 0 Å². The zero-order valence-corrected chi connectivity index (χ0v) is 15.7. The van der Waals surface area contributed by atoms with Crippen molar-refractivity contribution in [2.75, 3.05) is 18.5 Å². The summed E-state index contributed by atoms with van der Waals surface area (Å²) in [6.45, 7) is 0.765. The molecule has 154 valence electrons. The third kappa shape index (κ3) is 3.50. The summed E-state index contributed by atoms with van der Waals surface area (Å²) in [7, 11) is 0. The zero-order valence-electron chi connectivity index (χ0n) is 15.7. The van der Waals surface area contributed by atoms with E-state index >= 15 is 0 Å². The van der Waals surface area contributed by atoms with Crippen LogP contribution >= 0.6 is 0 Å². The number of benzene rings is 2. The minimum atomic E-state index is -1.36. The highest BCUT2D eigenvalue weighted by Crippen LogP contribution is 2.27. The Kier molecular flexibility index (Phi) is 4.96. The van der Waals surface area contributed by atoms with Gasteiger partial charge in [-0.3, -0.25) is 19.3 Å². The average molecular weight is 409 g/mol. The molecule has 1 atom stereocenters. The van der Waals surface area contributed by atoms with Crippen molar-refractivity contribution in [3.8, 4) is 5.75 Å². The van der Waals surface area contributed by atoms with E-state index in [0.29, 0.717) is 6.61 Å². The predicted octanol–water partition coefficient (Wildman–Crippen LogP) is 1.49. The van der Waals surface area contributed by atoms with Crippen molar-refractivity contribution in [2.45, 2.75) is 18.9 Å². The summed E-state index contributed by atoms with van der Waals surface area (Å²) < 4.78 is 5.50. The second-order valence-corrected chi connectivity index (χ2v) is 7.08. The number of rotatable bonds is 5. The molecule has 9 heteroatoms. The van der Waals surface area contributed by atoms with Crippen molar-refractivity contribution >= 4 is 29.4 Å². The van der Waals surface area contributed by atoms with Gasteiger partial charge in [-0.2, -0.15) is 0 Å². The molecule has 0 saturated carbocycles. The number of nitrogens with zero attached hydrogens (tertiary/aromatic N) is 1. The molecule has 2 N–H and O–H groups in total. The number of imide groups is 1. The number of anilines is 1. The van der Waals surface area contributed by atoms with Gasteiger partial charge in [0, 0.05) is 12.2 Å². The number of ether oxygens (including phenoxy) is 1. The monoisotopic (exact) mass is 409 g/mol. The molecular weight excluding hydrogens is 392 g/mol. The Hall–Kier alpha value is -3.72. The first-order chi connectivity index (χ1) is 14.3. The molecule has 1 saturated heterocycles. The second kappa shape index (κ2) is 7.60. The summed E-state index contributed by atoms with van der Waals surface area (Å²) in [6, 6.07) is 7.34. The van der Waals surface area contributed by atoms with Crippen molar-refractivity contribution in [3.63, 3.8) is 0 Å². The topological polar surface area (TPSA) is 136 Å². The van der Waals surface area contributed by atoms with Crippen LogP contribution in [0.1, 0.15) is 54.3 Å². The number of aromatic carboxylic acids is 1. The van der Waals surface area contributed by atoms with Gasteiger partial charge >= 0.3 is 5.97 Å². The number of nitrogens with one attached hydrogen (secondary N) is 1. The SMILES string of the molecule is O=C(Nc1ccc([O-])cc1C(=O)O)c1ccc2c(c1)C(=O)N(C[C@H]1CCCO1)C2=O. The fraction of sp³-hybridized carbons (Fsp3) is 0.238. The summed E-state index contributed by atoms with van der Waals surface area (Å²) in [5, 5.41) is 23.0. The highest BCUT2D eigenvalue weighted by molar-refractivity contribution is 6.22. The maximum Gasteiger partial charge on any atom is 0.337 e. The lowest BCUT2D eigenvalue weighted by molar-refractivity contribution is -0.268. The van der Waals surface area contributed by atoms with Crippen LogP contribution in [0.2, 0.25) is 0 Å². The summed E-state index contributed by atoms with van der Waals surface area (Å²) in [4.78, 5) is 50.3. The quantitative estimate of drug-likeness (QED) is 0.714. The van der Waals surface area contributed by atoms with Gasteiger partial charge < -0.3 is 20.3 Å². The highest BCUT2D eigenvalue weighted by Gasteiger charge is 2.38. The lowest BCUT2D eigenvalue weighted by Gasteiger charge is -2.17. The third-order valence-electron chi connectivity index (χ3n) is 5.11. The lowest BCUT2D eigenvalue weighted by atomic mass is 10.0. The van der Waals surface area contributed by atoms with Crippen LogP contribution in [0.15, 0.2) is 36.4 Å². The molecule has 2 aromatic carbocycles. The van der Waals surface area contributed by atoms with E-state index in [2.05, 4.69) is 5.32 Å². The summed E-state index contributed by atoms with van der Waals surface area (Å²) in [6.07, 6.45) is 1.47. The van der Waals surface area contributed by atoms with Gasteiger partial charge in [0.25, 0.3) is 17.7 Å². The van der Waals surface area contributed by atoms with Gasteiger partial charge in [0.1, 0.15) is 0 Å². The van der Waals surface area contributed by atoms with E-state index in [9.17, 15) is 29.4 Å². The number of carbonyl (C=O) groups excluding carboxylic acids is 3. The van der Waals surface area contributed by atoms with E-state index in [-0.39, 0.29) is 40.6 Å². The Morgan fingerprint density at radius 1 is 1.13 bits per heavy atom. The fourth-order valence-electron chi connectivity index (χ4n) is 3.59. The van der Waals surface area contributed by atoms with Crippen molar-refractivity contribution in [1.29, 1.82) is 0 Å². The Labute approximate surface area is 170 Å². The van der Waals surface area contributed by atoms with E-state index in [4.69, 9.17) is 4.74 Å². The number of hydrogen-bond acceptors (Lipinski definition) is 6. The Bertz CT molecular complexity index is 1070. The summed E-state index contributed by atoms with van der Waals surface area (Å²) in [5.74, 6) is -3.46. The first-order valence-corrected chi connectivity index (χ1v) is 9.32. The van der Waals surface area contributed by atoms with E-state index in [1.807, 2.05) is 0 Å². The van der Waals surface area contributed by atoms with E-state index in [0.717, 1.165) is 29.9 Å². The van der Waals surface area contributed by atoms with Gasteiger partial charge in [-0.1, -0.05) is 12.1 Å². The van der Waals surface area contributed by atoms with Crippen LogP contribution < -0.4 is 10.4 Å². The van der Waals surface area contributed by atoms with Gasteiger partial charge in [-0.05, 0) is 37.1 Å². The maximum atomic E-state index is 12.7. The third-order valence-corrected chi connectivity index (χ3v) is 5.11. The van der Waals surface area contributed by atoms with Crippen LogP contribution in [0.4, 0.5) is 5.69 Å². The second-order valence-electron chi connectivity index (χ2n) is 7.08. The molecule has 0 bridgehead atoms. The summed E-state index contributed by atoms with van der Waals surface area (Å²) in [5.41, 5.74) is 0.00732. The van der Waals surface area contributed by atoms with Gasteiger partial charge in [-0.15, -0.1) is 5.75 Å². The minimum absolute atomic E-state index is 0.0463. The maximum absolute atomic E-state index is 12.7. The smallest absolute Gasteiger partial charge is 0.337 e. The Morgan fingerprint density at radius 3 is 2.60 bits per heavy atom. The summed E-state index contributed by atoms with van der Waals surface area (Å²) >= 11 is 0. The van der Waals surface area contributed by atoms with Gasteiger partial charge in [0.15, 0.2) is 0 Å². The molecule has 2 aliphatic rings. The first-order valence-electron chi connectivity index (χ1n) is 9.32. The van der Waals surface area contributed by atoms with E-state index < -0.39 is 29.4 Å². The van der Waals surface area contributed by atoms with Crippen LogP contribution in [0.3, 0.4) is 0 Å². The predicted molar refractivity (Wildman–Crippen MR) is 102 cm³/mol. The van der Waals surface area contributed by atoms with Crippen LogP contribution in [-0.2, 0) is 4.74 Å². The standard InChI is InChI=1S/C21H18N2O7/c24-12-4-6-17(16(9-12)21(28)29)22-18(25)11-3-5-14-15(8-11)20(27)23(19(14)26)10-13-2-1-7-30-13/h3-6,8-9,13,24H,1-2,7,10H2,(H,22,25)(H,28,29)/p-1/t13-/m1/s1. The molecule has 2 aliphatic heterocycles. The van der Waals surface area contributed by atoms with E-state index in [1.54, 1.807) is 0 Å². The molecule has 9 nitrogen and oxygen atoms in total. The number of carboxylic acid groups (broad SMARTS) is 1. The Morgan fingerprint density at radius 2 is 1.90 bits per heavy atom. The lowest BCUT2D eigenvalue weighted by Crippen LogP contribution is -2.36. The molecule has 0 aromatic heterocycles. The Balaban J connectivity index is 1.56. The molecule has 4 rings (SSSR count). The van der Waals surface area contributed by atoms with Crippen molar-refractivity contribution in [3.05, 3.63) is 58.7 Å². The molecule has 0 spiro atoms. The molecular formula is C21H17N2O7-. The fourth-order valence-corrected chi connectivity index (χ4v) is 3.59. The number of hydrogen-bond donors (Lipinski definition) is 2. The average Bonchev–Trinajstić information content (AvgIpc) is 3.32. The molecule has 2 aromatic rings. The molecule has 1 fully saturated rings. The number of carbonyl (C=O) groups is 4. The highest BCUT2D eigenvalue weighted by atomic mass is 16.5. The van der Waals surface area contributed by atoms with Crippen LogP contribution in [-0.4, -0.2) is 53.0 Å². The van der Waals surface area contributed by atoms with Crippen LogP contribution in [0.5, 0.6) is 5.75 Å². The van der Waals surface area contributed by atoms with Gasteiger partial charge in [0.05, 0.1) is 35.0 Å². The largest absolute Gasteiger partial charge is 0.872 e.